The first kappa shape index (κ1) is 22.5. The summed E-state index contributed by atoms with van der Waals surface area (Å²) in [6, 6.07) is 20.6. The van der Waals surface area contributed by atoms with Gasteiger partial charge < -0.3 is 5.32 Å². The average Bonchev–Trinajstić information content (AvgIpc) is 2.71. The van der Waals surface area contributed by atoms with Crippen molar-refractivity contribution in [2.45, 2.75) is 18.4 Å². The number of nitrogens with zero attached hydrogens (tertiary/aromatic N) is 1. The van der Waals surface area contributed by atoms with Gasteiger partial charge in [-0.25, -0.2) is 8.42 Å². The zero-order valence-corrected chi connectivity index (χ0v) is 19.3. The number of hydrogen-bond donors (Lipinski definition) is 1. The second-order valence-electron chi connectivity index (χ2n) is 6.68. The summed E-state index contributed by atoms with van der Waals surface area (Å²) in [5.41, 5.74) is 2.14. The predicted molar refractivity (Wildman–Crippen MR) is 123 cm³/mol. The van der Waals surface area contributed by atoms with Crippen molar-refractivity contribution in [1.82, 2.24) is 4.31 Å². The molecular formula is C22H20BrClN2O3S. The van der Waals surface area contributed by atoms with Crippen LogP contribution < -0.4 is 5.32 Å². The number of benzene rings is 3. The van der Waals surface area contributed by atoms with E-state index in [9.17, 15) is 13.2 Å². The molecule has 0 aliphatic heterocycles. The number of halogens is 2. The number of sulfonamides is 1. The largest absolute Gasteiger partial charge is 0.325 e. The molecule has 3 aromatic rings. The molecule has 0 aliphatic rings. The van der Waals surface area contributed by atoms with Gasteiger partial charge in [-0.05, 0) is 54.4 Å². The summed E-state index contributed by atoms with van der Waals surface area (Å²) < 4.78 is 28.5. The molecule has 0 aliphatic carbocycles. The molecule has 156 valence electrons. The summed E-state index contributed by atoms with van der Waals surface area (Å²) in [5.74, 6) is -0.433. The van der Waals surface area contributed by atoms with Crippen LogP contribution in [0.5, 0.6) is 0 Å². The number of rotatable bonds is 7. The summed E-state index contributed by atoms with van der Waals surface area (Å²) in [6.07, 6.45) is 0. The Kier molecular flexibility index (Phi) is 7.31. The van der Waals surface area contributed by atoms with Gasteiger partial charge in [-0.15, -0.1) is 0 Å². The van der Waals surface area contributed by atoms with E-state index in [1.165, 1.54) is 12.1 Å². The lowest BCUT2D eigenvalue weighted by Crippen LogP contribution is -2.37. The van der Waals surface area contributed by atoms with Gasteiger partial charge in [0.2, 0.25) is 15.9 Å². The molecule has 5 nitrogen and oxygen atoms in total. The molecule has 3 aromatic carbocycles. The van der Waals surface area contributed by atoms with Crippen LogP contribution in [0.1, 0.15) is 11.1 Å². The van der Waals surface area contributed by atoms with E-state index < -0.39 is 15.9 Å². The lowest BCUT2D eigenvalue weighted by molar-refractivity contribution is -0.116. The molecule has 0 saturated carbocycles. The number of para-hydroxylation sites is 1. The summed E-state index contributed by atoms with van der Waals surface area (Å²) in [6.45, 7) is 1.49. The molecule has 30 heavy (non-hydrogen) atoms. The Morgan fingerprint density at radius 3 is 2.30 bits per heavy atom. The monoisotopic (exact) mass is 506 g/mol. The van der Waals surface area contributed by atoms with Crippen molar-refractivity contribution in [2.75, 3.05) is 11.9 Å². The van der Waals surface area contributed by atoms with Crippen molar-refractivity contribution in [1.29, 1.82) is 0 Å². The maximum absolute atomic E-state index is 13.3. The van der Waals surface area contributed by atoms with Gasteiger partial charge in [0.1, 0.15) is 0 Å². The van der Waals surface area contributed by atoms with Crippen LogP contribution >= 0.6 is 27.5 Å². The quantitative estimate of drug-likeness (QED) is 0.475. The van der Waals surface area contributed by atoms with Crippen molar-refractivity contribution >= 4 is 49.1 Å². The Balaban J connectivity index is 1.91. The zero-order valence-electron chi connectivity index (χ0n) is 16.2. The normalized spacial score (nSPS) is 11.5. The summed E-state index contributed by atoms with van der Waals surface area (Å²) in [7, 11) is -3.94. The van der Waals surface area contributed by atoms with Gasteiger partial charge in [-0.2, -0.15) is 4.31 Å². The van der Waals surface area contributed by atoms with E-state index in [0.29, 0.717) is 16.3 Å². The van der Waals surface area contributed by atoms with Gasteiger partial charge in [0.15, 0.2) is 0 Å². The molecular weight excluding hydrogens is 488 g/mol. The van der Waals surface area contributed by atoms with E-state index in [1.54, 1.807) is 42.5 Å². The first-order valence-electron chi connectivity index (χ1n) is 9.12. The Morgan fingerprint density at radius 1 is 1.00 bits per heavy atom. The molecule has 0 atom stereocenters. The smallest absolute Gasteiger partial charge is 0.243 e. The molecule has 8 heteroatoms. The fourth-order valence-electron chi connectivity index (χ4n) is 2.86. The van der Waals surface area contributed by atoms with E-state index in [2.05, 4.69) is 21.2 Å². The highest BCUT2D eigenvalue weighted by molar-refractivity contribution is 9.10. The average molecular weight is 508 g/mol. The van der Waals surface area contributed by atoms with Gasteiger partial charge in [0, 0.05) is 21.7 Å². The summed E-state index contributed by atoms with van der Waals surface area (Å²) >= 11 is 9.55. The van der Waals surface area contributed by atoms with Crippen molar-refractivity contribution in [3.8, 4) is 0 Å². The standard InChI is InChI=1S/C22H20BrClN2O3S/c1-16-6-2-5-9-21(16)25-22(27)15-26(14-17-7-3-4-8-20(17)24)30(28,29)19-12-10-18(23)11-13-19/h2-13H,14-15H2,1H3,(H,25,27). The molecule has 1 N–H and O–H groups in total. The molecule has 3 rings (SSSR count). The van der Waals surface area contributed by atoms with Crippen LogP contribution in [0.2, 0.25) is 5.02 Å². The second-order valence-corrected chi connectivity index (χ2v) is 9.94. The minimum atomic E-state index is -3.94. The predicted octanol–water partition coefficient (Wildman–Crippen LogP) is 5.24. The third kappa shape index (κ3) is 5.49. The molecule has 0 heterocycles. The van der Waals surface area contributed by atoms with Crippen molar-refractivity contribution in [3.63, 3.8) is 0 Å². The van der Waals surface area contributed by atoms with Gasteiger partial charge in [0.25, 0.3) is 0 Å². The number of anilines is 1. The minimum Gasteiger partial charge on any atom is -0.325 e. The summed E-state index contributed by atoms with van der Waals surface area (Å²) in [5, 5.41) is 3.23. The molecule has 1 amide bonds. The van der Waals surface area contributed by atoms with E-state index in [1.807, 2.05) is 25.1 Å². The SMILES string of the molecule is Cc1ccccc1NC(=O)CN(Cc1ccccc1Cl)S(=O)(=O)c1ccc(Br)cc1. The Bertz CT molecular complexity index is 1150. The zero-order chi connectivity index (χ0) is 21.7. The number of hydrogen-bond acceptors (Lipinski definition) is 3. The summed E-state index contributed by atoms with van der Waals surface area (Å²) in [4.78, 5) is 12.8. The number of carbonyl (C=O) groups is 1. The van der Waals surface area contributed by atoms with E-state index in [4.69, 9.17) is 11.6 Å². The van der Waals surface area contributed by atoms with Crippen molar-refractivity contribution < 1.29 is 13.2 Å². The van der Waals surface area contributed by atoms with E-state index in [0.717, 1.165) is 14.3 Å². The van der Waals surface area contributed by atoms with Gasteiger partial charge in [0.05, 0.1) is 11.4 Å². The molecule has 0 radical (unpaired) electrons. The number of amides is 1. The van der Waals surface area contributed by atoms with E-state index in [-0.39, 0.29) is 18.0 Å². The minimum absolute atomic E-state index is 0.0285. The Morgan fingerprint density at radius 2 is 1.63 bits per heavy atom. The Labute approximate surface area is 189 Å². The van der Waals surface area contributed by atoms with Crippen LogP contribution in [0.3, 0.4) is 0 Å². The van der Waals surface area contributed by atoms with Crippen LogP contribution in [0.4, 0.5) is 5.69 Å². The third-order valence-electron chi connectivity index (χ3n) is 4.50. The molecule has 0 spiro atoms. The lowest BCUT2D eigenvalue weighted by atomic mass is 10.2. The topological polar surface area (TPSA) is 66.5 Å². The molecule has 0 saturated heterocycles. The highest BCUT2D eigenvalue weighted by Crippen LogP contribution is 2.24. The van der Waals surface area contributed by atoms with Crippen LogP contribution in [0.15, 0.2) is 82.2 Å². The highest BCUT2D eigenvalue weighted by atomic mass is 79.9. The maximum Gasteiger partial charge on any atom is 0.243 e. The highest BCUT2D eigenvalue weighted by Gasteiger charge is 2.27. The van der Waals surface area contributed by atoms with E-state index >= 15 is 0 Å². The maximum atomic E-state index is 13.3. The second kappa shape index (κ2) is 9.75. The third-order valence-corrected chi connectivity index (χ3v) is 7.20. The number of carbonyl (C=O) groups excluding carboxylic acids is 1. The molecule has 0 bridgehead atoms. The first-order valence-corrected chi connectivity index (χ1v) is 11.7. The van der Waals surface area contributed by atoms with Crippen molar-refractivity contribution in [3.05, 3.63) is 93.4 Å². The molecule has 0 aromatic heterocycles. The van der Waals surface area contributed by atoms with Gasteiger partial charge in [-0.1, -0.05) is 63.9 Å². The van der Waals surface area contributed by atoms with Gasteiger partial charge >= 0.3 is 0 Å². The lowest BCUT2D eigenvalue weighted by Gasteiger charge is -2.23. The fraction of sp³-hybridized carbons (Fsp3) is 0.136. The van der Waals surface area contributed by atoms with Crippen LogP contribution in [-0.2, 0) is 21.4 Å². The Hall–Kier alpha value is -2.19. The number of nitrogens with one attached hydrogen (secondary N) is 1. The number of aryl methyl sites for hydroxylation is 1. The molecule has 0 unspecified atom stereocenters. The van der Waals surface area contributed by atoms with Crippen LogP contribution in [-0.4, -0.2) is 25.2 Å². The van der Waals surface area contributed by atoms with Crippen LogP contribution in [0.25, 0.3) is 0 Å². The van der Waals surface area contributed by atoms with Crippen LogP contribution in [0, 0.1) is 6.92 Å². The fourth-order valence-corrected chi connectivity index (χ4v) is 4.70. The first-order chi connectivity index (χ1) is 14.3. The molecule has 0 fully saturated rings. The van der Waals surface area contributed by atoms with Gasteiger partial charge in [-0.3, -0.25) is 4.79 Å². The van der Waals surface area contributed by atoms with Crippen molar-refractivity contribution in [2.24, 2.45) is 0 Å².